The first-order valence-corrected chi connectivity index (χ1v) is 10.1. The average molecular weight is 430 g/mol. The minimum atomic E-state index is -0.169. The molecule has 1 aromatic heterocycles. The van der Waals surface area contributed by atoms with Crippen molar-refractivity contribution in [3.8, 4) is 11.4 Å². The molecule has 0 aliphatic heterocycles. The molecule has 1 N–H and O–H groups in total. The van der Waals surface area contributed by atoms with E-state index in [-0.39, 0.29) is 17.6 Å². The van der Waals surface area contributed by atoms with Gasteiger partial charge in [-0.2, -0.15) is 0 Å². The van der Waals surface area contributed by atoms with Crippen LogP contribution in [0.15, 0.2) is 53.7 Å². The fourth-order valence-corrected chi connectivity index (χ4v) is 3.41. The zero-order valence-electron chi connectivity index (χ0n) is 16.2. The summed E-state index contributed by atoms with van der Waals surface area (Å²) in [5.41, 5.74) is 2.09. The molecule has 0 spiro atoms. The Morgan fingerprint density at radius 1 is 1.07 bits per heavy atom. The number of carbonyl (C=O) groups excluding carboxylic acids is 2. The molecule has 0 aliphatic carbocycles. The highest BCUT2D eigenvalue weighted by Gasteiger charge is 2.13. The Labute approximate surface area is 178 Å². The first-order valence-electron chi connectivity index (χ1n) is 8.75. The molecule has 3 aromatic rings. The lowest BCUT2D eigenvalue weighted by atomic mass is 10.2. The minimum absolute atomic E-state index is 0.0859. The summed E-state index contributed by atoms with van der Waals surface area (Å²) in [5, 5.41) is 12.5. The van der Waals surface area contributed by atoms with Crippen LogP contribution >= 0.6 is 23.4 Å². The van der Waals surface area contributed by atoms with Gasteiger partial charge < -0.3 is 14.8 Å². The van der Waals surface area contributed by atoms with E-state index in [4.69, 9.17) is 11.6 Å². The lowest BCUT2D eigenvalue weighted by Gasteiger charge is -2.11. The molecule has 0 radical (unpaired) electrons. The summed E-state index contributed by atoms with van der Waals surface area (Å²) >= 11 is 7.22. The summed E-state index contributed by atoms with van der Waals surface area (Å²) in [5.74, 6) is 0.631. The van der Waals surface area contributed by atoms with Gasteiger partial charge in [-0.3, -0.25) is 9.59 Å². The Balaban J connectivity index is 1.58. The molecule has 0 saturated carbocycles. The molecular weight excluding hydrogens is 410 g/mol. The van der Waals surface area contributed by atoms with E-state index in [0.717, 1.165) is 5.56 Å². The third-order valence-corrected chi connectivity index (χ3v) is 5.36. The van der Waals surface area contributed by atoms with Gasteiger partial charge in [-0.05, 0) is 48.5 Å². The first kappa shape index (κ1) is 20.9. The van der Waals surface area contributed by atoms with Crippen molar-refractivity contribution in [2.75, 3.05) is 25.2 Å². The van der Waals surface area contributed by atoms with Gasteiger partial charge >= 0.3 is 0 Å². The zero-order chi connectivity index (χ0) is 21.0. The molecule has 150 valence electrons. The molecular formula is C20H20ClN5O2S. The predicted octanol–water partition coefficient (Wildman–Crippen LogP) is 3.57. The summed E-state index contributed by atoms with van der Waals surface area (Å²) in [6, 6.07) is 14.1. The van der Waals surface area contributed by atoms with Crippen LogP contribution in [0.5, 0.6) is 0 Å². The predicted molar refractivity (Wildman–Crippen MR) is 115 cm³/mol. The lowest BCUT2D eigenvalue weighted by Crippen LogP contribution is -2.21. The third kappa shape index (κ3) is 5.16. The molecule has 0 aliphatic rings. The van der Waals surface area contributed by atoms with Crippen molar-refractivity contribution >= 4 is 40.9 Å². The van der Waals surface area contributed by atoms with Gasteiger partial charge in [0.1, 0.15) is 0 Å². The first-order chi connectivity index (χ1) is 13.8. The van der Waals surface area contributed by atoms with E-state index in [0.29, 0.717) is 27.3 Å². The Morgan fingerprint density at radius 3 is 2.34 bits per heavy atom. The van der Waals surface area contributed by atoms with Crippen molar-refractivity contribution in [2.24, 2.45) is 7.05 Å². The smallest absolute Gasteiger partial charge is 0.253 e. The Bertz CT molecular complexity index is 1020. The molecule has 3 rings (SSSR count). The maximum atomic E-state index is 12.3. The molecule has 0 unspecified atom stereocenters. The Hall–Kier alpha value is -2.84. The number of hydrogen-bond acceptors (Lipinski definition) is 5. The number of carbonyl (C=O) groups is 2. The number of aromatic nitrogens is 3. The van der Waals surface area contributed by atoms with E-state index >= 15 is 0 Å². The second-order valence-corrected chi connectivity index (χ2v) is 7.86. The van der Waals surface area contributed by atoms with Gasteiger partial charge in [-0.25, -0.2) is 0 Å². The van der Waals surface area contributed by atoms with Crippen LogP contribution in [0.1, 0.15) is 10.4 Å². The Morgan fingerprint density at radius 2 is 1.72 bits per heavy atom. The number of halogens is 1. The summed E-state index contributed by atoms with van der Waals surface area (Å²) in [6.45, 7) is 0. The van der Waals surface area contributed by atoms with Gasteiger partial charge in [0.25, 0.3) is 5.91 Å². The summed E-state index contributed by atoms with van der Waals surface area (Å²) < 4.78 is 1.84. The van der Waals surface area contributed by atoms with E-state index in [1.807, 2.05) is 23.7 Å². The van der Waals surface area contributed by atoms with E-state index in [2.05, 4.69) is 15.5 Å². The number of benzene rings is 2. The van der Waals surface area contributed by atoms with Gasteiger partial charge in [-0.15, -0.1) is 10.2 Å². The summed E-state index contributed by atoms with van der Waals surface area (Å²) in [6.07, 6.45) is 0. The molecule has 2 amide bonds. The van der Waals surface area contributed by atoms with Crippen LogP contribution in [-0.4, -0.2) is 51.3 Å². The molecule has 1 heterocycles. The van der Waals surface area contributed by atoms with Crippen molar-refractivity contribution < 1.29 is 9.59 Å². The lowest BCUT2D eigenvalue weighted by molar-refractivity contribution is -0.113. The maximum Gasteiger partial charge on any atom is 0.253 e. The van der Waals surface area contributed by atoms with Gasteiger partial charge in [0, 0.05) is 43.0 Å². The van der Waals surface area contributed by atoms with Crippen molar-refractivity contribution in [3.05, 3.63) is 59.1 Å². The molecule has 0 fully saturated rings. The second kappa shape index (κ2) is 9.11. The maximum absolute atomic E-state index is 12.3. The topological polar surface area (TPSA) is 80.1 Å². The summed E-state index contributed by atoms with van der Waals surface area (Å²) in [7, 11) is 5.24. The molecule has 9 heteroatoms. The summed E-state index contributed by atoms with van der Waals surface area (Å²) in [4.78, 5) is 25.7. The van der Waals surface area contributed by atoms with E-state index < -0.39 is 0 Å². The van der Waals surface area contributed by atoms with Crippen molar-refractivity contribution in [2.45, 2.75) is 5.16 Å². The molecule has 29 heavy (non-hydrogen) atoms. The standard InChI is InChI=1S/C20H20ClN5O2S/c1-25(2)19(28)14-6-10-16(11-7-14)22-17(27)12-29-20-24-23-18(26(20)3)13-4-8-15(21)9-5-13/h4-11H,12H2,1-3H3,(H,22,27). The highest BCUT2D eigenvalue weighted by Crippen LogP contribution is 2.24. The fraction of sp³-hybridized carbons (Fsp3) is 0.200. The zero-order valence-corrected chi connectivity index (χ0v) is 17.8. The van der Waals surface area contributed by atoms with Crippen LogP contribution in [-0.2, 0) is 11.8 Å². The van der Waals surface area contributed by atoms with Crippen LogP contribution in [0.4, 0.5) is 5.69 Å². The molecule has 0 saturated heterocycles. The third-order valence-electron chi connectivity index (χ3n) is 4.09. The largest absolute Gasteiger partial charge is 0.345 e. The molecule has 0 atom stereocenters. The van der Waals surface area contributed by atoms with Gasteiger partial charge in [0.15, 0.2) is 11.0 Å². The van der Waals surface area contributed by atoms with Crippen LogP contribution in [0.3, 0.4) is 0 Å². The highest BCUT2D eigenvalue weighted by atomic mass is 35.5. The van der Waals surface area contributed by atoms with Gasteiger partial charge in [-0.1, -0.05) is 23.4 Å². The van der Waals surface area contributed by atoms with E-state index in [9.17, 15) is 9.59 Å². The number of nitrogens with zero attached hydrogens (tertiary/aromatic N) is 4. The van der Waals surface area contributed by atoms with Gasteiger partial charge in [0.05, 0.1) is 5.75 Å². The molecule has 2 aromatic carbocycles. The quantitative estimate of drug-likeness (QED) is 0.606. The molecule has 0 bridgehead atoms. The Kier molecular flexibility index (Phi) is 6.56. The number of thioether (sulfide) groups is 1. The monoisotopic (exact) mass is 429 g/mol. The van der Waals surface area contributed by atoms with Crippen molar-refractivity contribution in [3.63, 3.8) is 0 Å². The number of hydrogen-bond donors (Lipinski definition) is 1. The van der Waals surface area contributed by atoms with Crippen LogP contribution in [0.25, 0.3) is 11.4 Å². The van der Waals surface area contributed by atoms with Crippen LogP contribution < -0.4 is 5.32 Å². The number of rotatable bonds is 6. The number of anilines is 1. The van der Waals surface area contributed by atoms with Crippen LogP contribution in [0.2, 0.25) is 5.02 Å². The fourth-order valence-electron chi connectivity index (χ4n) is 2.57. The number of amides is 2. The van der Waals surface area contributed by atoms with E-state index in [1.54, 1.807) is 50.5 Å². The number of nitrogens with one attached hydrogen (secondary N) is 1. The van der Waals surface area contributed by atoms with E-state index in [1.165, 1.54) is 16.7 Å². The minimum Gasteiger partial charge on any atom is -0.345 e. The normalized spacial score (nSPS) is 10.6. The highest BCUT2D eigenvalue weighted by molar-refractivity contribution is 7.99. The van der Waals surface area contributed by atoms with Crippen molar-refractivity contribution in [1.82, 2.24) is 19.7 Å². The second-order valence-electron chi connectivity index (χ2n) is 6.49. The molecule has 7 nitrogen and oxygen atoms in total. The average Bonchev–Trinajstić information content (AvgIpc) is 3.07. The van der Waals surface area contributed by atoms with Crippen LogP contribution in [0, 0.1) is 0 Å². The SMILES string of the molecule is CN(C)C(=O)c1ccc(NC(=O)CSc2nnc(-c3ccc(Cl)cc3)n2C)cc1. The van der Waals surface area contributed by atoms with Gasteiger partial charge in [0.2, 0.25) is 5.91 Å². The van der Waals surface area contributed by atoms with Crippen molar-refractivity contribution in [1.29, 1.82) is 0 Å².